The predicted octanol–water partition coefficient (Wildman–Crippen LogP) is 1.56. The maximum atomic E-state index is 12.3. The summed E-state index contributed by atoms with van der Waals surface area (Å²) in [5, 5.41) is 8.59. The first-order valence-electron chi connectivity index (χ1n) is 7.69. The van der Waals surface area contributed by atoms with Gasteiger partial charge in [-0.05, 0) is 24.6 Å². The van der Waals surface area contributed by atoms with Gasteiger partial charge < -0.3 is 14.4 Å². The van der Waals surface area contributed by atoms with E-state index in [0.717, 1.165) is 31.3 Å². The molecule has 1 aliphatic rings. The van der Waals surface area contributed by atoms with Crippen molar-refractivity contribution in [2.45, 2.75) is 12.1 Å². The van der Waals surface area contributed by atoms with Crippen molar-refractivity contribution in [3.05, 3.63) is 36.2 Å². The molecule has 0 saturated carbocycles. The largest absolute Gasteiger partial charge is 0.368 e. The van der Waals surface area contributed by atoms with E-state index in [9.17, 15) is 4.79 Å². The quantitative estimate of drug-likeness (QED) is 0.796. The Morgan fingerprint density at radius 1 is 1.26 bits per heavy atom. The Balaban J connectivity index is 1.50. The summed E-state index contributed by atoms with van der Waals surface area (Å²) in [6.45, 7) is 5.40. The summed E-state index contributed by atoms with van der Waals surface area (Å²) in [5.41, 5.74) is 2.51. The van der Waals surface area contributed by atoms with Crippen LogP contribution in [0.1, 0.15) is 5.56 Å². The number of hydrogen-bond acceptors (Lipinski definition) is 5. The monoisotopic (exact) mass is 331 g/mol. The van der Waals surface area contributed by atoms with E-state index in [2.05, 4.69) is 46.3 Å². The van der Waals surface area contributed by atoms with Crippen LogP contribution in [0.5, 0.6) is 0 Å². The minimum absolute atomic E-state index is 0.168. The molecule has 122 valence electrons. The molecule has 7 heteroatoms. The summed E-state index contributed by atoms with van der Waals surface area (Å²) in [5.74, 6) is 0.582. The third kappa shape index (κ3) is 3.85. The molecule has 0 atom stereocenters. The van der Waals surface area contributed by atoms with Gasteiger partial charge in [0.05, 0.1) is 5.75 Å². The highest BCUT2D eigenvalue weighted by Crippen LogP contribution is 2.19. The van der Waals surface area contributed by atoms with Crippen molar-refractivity contribution >= 4 is 23.4 Å². The first-order valence-corrected chi connectivity index (χ1v) is 8.68. The number of amides is 1. The average molecular weight is 331 g/mol. The summed E-state index contributed by atoms with van der Waals surface area (Å²) >= 11 is 1.44. The zero-order valence-corrected chi connectivity index (χ0v) is 14.3. The van der Waals surface area contributed by atoms with Crippen molar-refractivity contribution < 1.29 is 4.79 Å². The number of piperazine rings is 1. The van der Waals surface area contributed by atoms with E-state index < -0.39 is 0 Å². The van der Waals surface area contributed by atoms with Crippen molar-refractivity contribution in [3.63, 3.8) is 0 Å². The Hall–Kier alpha value is -2.02. The average Bonchev–Trinajstić information content (AvgIpc) is 2.98. The van der Waals surface area contributed by atoms with Crippen LogP contribution in [-0.4, -0.2) is 57.5 Å². The van der Waals surface area contributed by atoms with Gasteiger partial charge in [-0.25, -0.2) is 0 Å². The third-order valence-corrected chi connectivity index (χ3v) is 5.01. The van der Waals surface area contributed by atoms with E-state index >= 15 is 0 Å². The van der Waals surface area contributed by atoms with Crippen LogP contribution >= 0.6 is 11.8 Å². The Morgan fingerprint density at radius 3 is 2.70 bits per heavy atom. The highest BCUT2D eigenvalue weighted by molar-refractivity contribution is 7.99. The summed E-state index contributed by atoms with van der Waals surface area (Å²) in [6, 6.07) is 8.52. The molecule has 1 saturated heterocycles. The maximum absolute atomic E-state index is 12.3. The van der Waals surface area contributed by atoms with E-state index in [1.54, 1.807) is 6.33 Å². The van der Waals surface area contributed by atoms with Gasteiger partial charge in [-0.2, -0.15) is 0 Å². The minimum Gasteiger partial charge on any atom is -0.368 e. The third-order valence-electron chi connectivity index (χ3n) is 3.99. The first kappa shape index (κ1) is 15.9. The maximum Gasteiger partial charge on any atom is 0.233 e. The summed E-state index contributed by atoms with van der Waals surface area (Å²) in [7, 11) is 1.88. The summed E-state index contributed by atoms with van der Waals surface area (Å²) in [4.78, 5) is 16.6. The topological polar surface area (TPSA) is 54.3 Å². The van der Waals surface area contributed by atoms with Crippen LogP contribution in [-0.2, 0) is 11.8 Å². The molecular weight excluding hydrogens is 310 g/mol. The van der Waals surface area contributed by atoms with E-state index in [4.69, 9.17) is 0 Å². The van der Waals surface area contributed by atoms with Crippen LogP contribution in [0, 0.1) is 6.92 Å². The van der Waals surface area contributed by atoms with Crippen molar-refractivity contribution in [1.29, 1.82) is 0 Å². The van der Waals surface area contributed by atoms with Gasteiger partial charge in [0.15, 0.2) is 5.16 Å². The zero-order chi connectivity index (χ0) is 16.2. The highest BCUT2D eigenvalue weighted by Gasteiger charge is 2.21. The Labute approximate surface area is 140 Å². The second kappa shape index (κ2) is 7.04. The van der Waals surface area contributed by atoms with Gasteiger partial charge in [0.2, 0.25) is 5.91 Å². The Bertz CT molecular complexity index is 679. The number of benzene rings is 1. The van der Waals surface area contributed by atoms with E-state index in [-0.39, 0.29) is 5.91 Å². The lowest BCUT2D eigenvalue weighted by molar-refractivity contribution is -0.128. The molecule has 0 aliphatic carbocycles. The van der Waals surface area contributed by atoms with Crippen molar-refractivity contribution in [3.8, 4) is 0 Å². The molecular formula is C16H21N5OS. The smallest absolute Gasteiger partial charge is 0.233 e. The molecule has 3 rings (SSSR count). The lowest BCUT2D eigenvalue weighted by Crippen LogP contribution is -2.49. The van der Waals surface area contributed by atoms with Gasteiger partial charge in [0.25, 0.3) is 0 Å². The Kier molecular flexibility index (Phi) is 4.85. The summed E-state index contributed by atoms with van der Waals surface area (Å²) in [6.07, 6.45) is 1.65. The number of hydrogen-bond donors (Lipinski definition) is 0. The molecule has 1 aromatic carbocycles. The lowest BCUT2D eigenvalue weighted by Gasteiger charge is -2.36. The predicted molar refractivity (Wildman–Crippen MR) is 91.7 cm³/mol. The second-order valence-corrected chi connectivity index (χ2v) is 6.66. The first-order chi connectivity index (χ1) is 11.1. The van der Waals surface area contributed by atoms with E-state index in [0.29, 0.717) is 5.75 Å². The number of rotatable bonds is 4. The van der Waals surface area contributed by atoms with Gasteiger partial charge in [0, 0.05) is 38.9 Å². The van der Waals surface area contributed by atoms with Gasteiger partial charge >= 0.3 is 0 Å². The standard InChI is InChI=1S/C16H21N5OS/c1-13-4-3-5-14(10-13)20-6-8-21(9-7-20)15(22)11-23-16-18-17-12-19(16)2/h3-5,10,12H,6-9,11H2,1-2H3. The van der Waals surface area contributed by atoms with E-state index in [1.807, 2.05) is 16.5 Å². The van der Waals surface area contributed by atoms with Crippen LogP contribution in [0.4, 0.5) is 5.69 Å². The SMILES string of the molecule is Cc1cccc(N2CCN(C(=O)CSc3nncn3C)CC2)c1. The molecule has 2 heterocycles. The number of aryl methyl sites for hydroxylation is 2. The van der Waals surface area contributed by atoms with Crippen LogP contribution in [0.2, 0.25) is 0 Å². The molecule has 6 nitrogen and oxygen atoms in total. The number of anilines is 1. The van der Waals surface area contributed by atoms with Gasteiger partial charge in [-0.15, -0.1) is 10.2 Å². The van der Waals surface area contributed by atoms with Crippen LogP contribution in [0.15, 0.2) is 35.7 Å². The molecule has 1 aromatic heterocycles. The highest BCUT2D eigenvalue weighted by atomic mass is 32.2. The molecule has 0 unspecified atom stereocenters. The molecule has 2 aromatic rings. The lowest BCUT2D eigenvalue weighted by atomic mass is 10.2. The Morgan fingerprint density at radius 2 is 2.04 bits per heavy atom. The van der Waals surface area contributed by atoms with Crippen LogP contribution < -0.4 is 4.90 Å². The fourth-order valence-electron chi connectivity index (χ4n) is 2.66. The molecule has 23 heavy (non-hydrogen) atoms. The van der Waals surface area contributed by atoms with Gasteiger partial charge in [-0.3, -0.25) is 4.79 Å². The van der Waals surface area contributed by atoms with Crippen molar-refractivity contribution in [2.75, 3.05) is 36.8 Å². The molecule has 0 spiro atoms. The van der Waals surface area contributed by atoms with Crippen LogP contribution in [0.25, 0.3) is 0 Å². The number of carbonyl (C=O) groups excluding carboxylic acids is 1. The second-order valence-electron chi connectivity index (χ2n) is 5.72. The molecule has 1 aliphatic heterocycles. The molecule has 0 N–H and O–H groups in total. The zero-order valence-electron chi connectivity index (χ0n) is 13.5. The molecule has 0 bridgehead atoms. The van der Waals surface area contributed by atoms with Gasteiger partial charge in [-0.1, -0.05) is 23.9 Å². The fraction of sp³-hybridized carbons (Fsp3) is 0.438. The summed E-state index contributed by atoms with van der Waals surface area (Å²) < 4.78 is 1.83. The number of nitrogens with zero attached hydrogens (tertiary/aromatic N) is 5. The molecule has 1 fully saturated rings. The fourth-order valence-corrected chi connectivity index (χ4v) is 3.45. The number of aromatic nitrogens is 3. The van der Waals surface area contributed by atoms with Crippen LogP contribution in [0.3, 0.4) is 0 Å². The van der Waals surface area contributed by atoms with Gasteiger partial charge in [0.1, 0.15) is 6.33 Å². The minimum atomic E-state index is 0.168. The van der Waals surface area contributed by atoms with Crippen molar-refractivity contribution in [2.24, 2.45) is 7.05 Å². The molecule has 1 amide bonds. The molecule has 0 radical (unpaired) electrons. The normalized spacial score (nSPS) is 15.0. The number of carbonyl (C=O) groups is 1. The number of thioether (sulfide) groups is 1. The van der Waals surface area contributed by atoms with Crippen molar-refractivity contribution in [1.82, 2.24) is 19.7 Å². The van der Waals surface area contributed by atoms with E-state index in [1.165, 1.54) is 23.0 Å².